The van der Waals surface area contributed by atoms with Gasteiger partial charge in [-0.1, -0.05) is 62.4 Å². The summed E-state index contributed by atoms with van der Waals surface area (Å²) in [5, 5.41) is 5.36. The van der Waals surface area contributed by atoms with Crippen molar-refractivity contribution < 1.29 is 4.79 Å². The molecule has 3 aromatic rings. The highest BCUT2D eigenvalue weighted by atomic mass is 16.1. The molecule has 1 N–H and O–H groups in total. The van der Waals surface area contributed by atoms with Crippen LogP contribution in [0.25, 0.3) is 22.0 Å². The molecule has 1 aliphatic heterocycles. The molecule has 1 amide bonds. The van der Waals surface area contributed by atoms with Gasteiger partial charge in [-0.2, -0.15) is 0 Å². The van der Waals surface area contributed by atoms with Gasteiger partial charge >= 0.3 is 0 Å². The maximum atomic E-state index is 11.5. The number of hydrogen-bond donors (Lipinski definition) is 1. The van der Waals surface area contributed by atoms with E-state index in [1.165, 1.54) is 10.8 Å². The molecule has 0 atom stereocenters. The maximum Gasteiger partial charge on any atom is 0.219 e. The quantitative estimate of drug-likeness (QED) is 0.675. The topological polar surface area (TPSA) is 48.5 Å². The summed E-state index contributed by atoms with van der Waals surface area (Å²) in [4.78, 5) is 21.5. The van der Waals surface area contributed by atoms with Gasteiger partial charge in [0.1, 0.15) is 5.82 Å². The Bertz CT molecular complexity index is 1010. The summed E-state index contributed by atoms with van der Waals surface area (Å²) in [6.07, 6.45) is 0.508. The van der Waals surface area contributed by atoms with E-state index in [9.17, 15) is 4.79 Å². The van der Waals surface area contributed by atoms with Gasteiger partial charge in [0.2, 0.25) is 5.91 Å². The van der Waals surface area contributed by atoms with E-state index in [0.29, 0.717) is 13.0 Å². The summed E-state index contributed by atoms with van der Waals surface area (Å²) in [7, 11) is 0. The van der Waals surface area contributed by atoms with Gasteiger partial charge in [-0.05, 0) is 23.6 Å². The minimum absolute atomic E-state index is 0.0723. The van der Waals surface area contributed by atoms with Crippen LogP contribution in [0.3, 0.4) is 0 Å². The molecular formula is C25H30N4O. The number of pyridine rings is 1. The number of hydrogen-bond acceptors (Lipinski definition) is 4. The monoisotopic (exact) mass is 402 g/mol. The number of amides is 1. The molecule has 0 bridgehead atoms. The van der Waals surface area contributed by atoms with Crippen LogP contribution in [0.2, 0.25) is 0 Å². The smallest absolute Gasteiger partial charge is 0.219 e. The zero-order valence-corrected chi connectivity index (χ0v) is 17.9. The van der Waals surface area contributed by atoms with Crippen LogP contribution >= 0.6 is 0 Å². The van der Waals surface area contributed by atoms with Crippen molar-refractivity contribution in [1.82, 2.24) is 15.2 Å². The average molecular weight is 403 g/mol. The summed E-state index contributed by atoms with van der Waals surface area (Å²) in [5.74, 6) is 1.15. The number of likely N-dealkylation sites (N-methyl/N-ethyl adjacent to an activating group) is 1. The molecule has 156 valence electrons. The van der Waals surface area contributed by atoms with Crippen molar-refractivity contribution in [3.05, 3.63) is 60.2 Å². The van der Waals surface area contributed by atoms with Crippen molar-refractivity contribution >= 4 is 22.5 Å². The molecule has 0 spiro atoms. The molecule has 0 unspecified atom stereocenters. The molecule has 0 aliphatic carbocycles. The second-order valence-electron chi connectivity index (χ2n) is 7.80. The predicted molar refractivity (Wildman–Crippen MR) is 124 cm³/mol. The lowest BCUT2D eigenvalue weighted by molar-refractivity contribution is -0.120. The summed E-state index contributed by atoms with van der Waals surface area (Å²) in [6, 6.07) is 19.0. The minimum atomic E-state index is 0.0723. The molecule has 2 heterocycles. The molecule has 1 fully saturated rings. The SMILES string of the molecule is CCC(=O)NCc1ccc(-c2cc3ccccc3c(N3CCN(CC)CC3)n2)cc1. The maximum absolute atomic E-state index is 11.5. The molecule has 30 heavy (non-hydrogen) atoms. The fraction of sp³-hybridized carbons (Fsp3) is 0.360. The summed E-state index contributed by atoms with van der Waals surface area (Å²) >= 11 is 0. The molecule has 1 saturated heterocycles. The Morgan fingerprint density at radius 3 is 2.43 bits per heavy atom. The first-order valence-electron chi connectivity index (χ1n) is 10.9. The summed E-state index contributed by atoms with van der Waals surface area (Å²) < 4.78 is 0. The number of nitrogens with zero attached hydrogens (tertiary/aromatic N) is 3. The average Bonchev–Trinajstić information content (AvgIpc) is 2.82. The van der Waals surface area contributed by atoms with Crippen molar-refractivity contribution in [1.29, 1.82) is 0 Å². The molecule has 2 aromatic carbocycles. The molecule has 0 radical (unpaired) electrons. The Morgan fingerprint density at radius 2 is 1.73 bits per heavy atom. The van der Waals surface area contributed by atoms with Crippen LogP contribution in [0.4, 0.5) is 5.82 Å². The van der Waals surface area contributed by atoms with Crippen LogP contribution in [-0.2, 0) is 11.3 Å². The Labute approximate surface area is 178 Å². The first-order valence-corrected chi connectivity index (χ1v) is 10.9. The molecule has 1 aromatic heterocycles. The van der Waals surface area contributed by atoms with Crippen molar-refractivity contribution in [2.75, 3.05) is 37.6 Å². The van der Waals surface area contributed by atoms with E-state index in [1.807, 2.05) is 6.92 Å². The van der Waals surface area contributed by atoms with Crippen molar-refractivity contribution in [2.24, 2.45) is 0 Å². The van der Waals surface area contributed by atoms with Gasteiger partial charge in [-0.15, -0.1) is 0 Å². The van der Waals surface area contributed by atoms with E-state index in [4.69, 9.17) is 4.98 Å². The Balaban J connectivity index is 1.62. The van der Waals surface area contributed by atoms with E-state index < -0.39 is 0 Å². The number of piperazine rings is 1. The fourth-order valence-electron chi connectivity index (χ4n) is 3.96. The zero-order valence-electron chi connectivity index (χ0n) is 17.9. The highest BCUT2D eigenvalue weighted by Gasteiger charge is 2.19. The van der Waals surface area contributed by atoms with Crippen LogP contribution in [0.1, 0.15) is 25.8 Å². The zero-order chi connectivity index (χ0) is 20.9. The van der Waals surface area contributed by atoms with E-state index >= 15 is 0 Å². The van der Waals surface area contributed by atoms with E-state index in [1.54, 1.807) is 0 Å². The van der Waals surface area contributed by atoms with Crippen LogP contribution in [0.5, 0.6) is 0 Å². The van der Waals surface area contributed by atoms with E-state index in [-0.39, 0.29) is 5.91 Å². The van der Waals surface area contributed by atoms with Gasteiger partial charge in [0.25, 0.3) is 0 Å². The van der Waals surface area contributed by atoms with Gasteiger partial charge in [-0.3, -0.25) is 4.79 Å². The molecule has 4 rings (SSSR count). The van der Waals surface area contributed by atoms with Crippen molar-refractivity contribution in [3.63, 3.8) is 0 Å². The van der Waals surface area contributed by atoms with Crippen LogP contribution in [0, 0.1) is 0 Å². The number of aromatic nitrogens is 1. The third kappa shape index (κ3) is 4.46. The molecule has 5 nitrogen and oxygen atoms in total. The lowest BCUT2D eigenvalue weighted by atomic mass is 10.0. The van der Waals surface area contributed by atoms with Crippen LogP contribution in [0.15, 0.2) is 54.6 Å². The van der Waals surface area contributed by atoms with Crippen LogP contribution in [-0.4, -0.2) is 48.5 Å². The second kappa shape index (κ2) is 9.26. The predicted octanol–water partition coefficient (Wildman–Crippen LogP) is 4.07. The largest absolute Gasteiger partial charge is 0.354 e. The van der Waals surface area contributed by atoms with Crippen molar-refractivity contribution in [2.45, 2.75) is 26.8 Å². The number of carbonyl (C=O) groups excluding carboxylic acids is 1. The number of benzene rings is 2. The van der Waals surface area contributed by atoms with Crippen molar-refractivity contribution in [3.8, 4) is 11.3 Å². The first kappa shape index (κ1) is 20.4. The number of fused-ring (bicyclic) bond motifs is 1. The Hall–Kier alpha value is -2.92. The molecule has 5 heteroatoms. The van der Waals surface area contributed by atoms with Gasteiger partial charge in [0, 0.05) is 50.1 Å². The number of carbonyl (C=O) groups is 1. The lowest BCUT2D eigenvalue weighted by Crippen LogP contribution is -2.46. The molecular weight excluding hydrogens is 372 g/mol. The normalized spacial score (nSPS) is 14.8. The second-order valence-corrected chi connectivity index (χ2v) is 7.80. The standard InChI is InChI=1S/C25H30N4O/c1-3-24(30)26-18-19-9-11-20(12-10-19)23-17-21-7-5-6-8-22(21)25(27-23)29-15-13-28(4-2)14-16-29/h5-12,17H,3-4,13-16,18H2,1-2H3,(H,26,30). The Kier molecular flexibility index (Phi) is 6.29. The number of nitrogens with one attached hydrogen (secondary N) is 1. The first-order chi connectivity index (χ1) is 14.7. The van der Waals surface area contributed by atoms with Crippen LogP contribution < -0.4 is 10.2 Å². The van der Waals surface area contributed by atoms with Gasteiger partial charge in [0.15, 0.2) is 0 Å². The van der Waals surface area contributed by atoms with Gasteiger partial charge < -0.3 is 15.1 Å². The summed E-state index contributed by atoms with van der Waals surface area (Å²) in [6.45, 7) is 9.92. The molecule has 0 saturated carbocycles. The number of rotatable bonds is 6. The van der Waals surface area contributed by atoms with Gasteiger partial charge in [0.05, 0.1) is 5.69 Å². The molecule has 1 aliphatic rings. The van der Waals surface area contributed by atoms with Gasteiger partial charge in [-0.25, -0.2) is 4.98 Å². The fourth-order valence-corrected chi connectivity index (χ4v) is 3.96. The van der Waals surface area contributed by atoms with E-state index in [2.05, 4.69) is 76.6 Å². The minimum Gasteiger partial charge on any atom is -0.354 e. The lowest BCUT2D eigenvalue weighted by Gasteiger charge is -2.35. The third-order valence-corrected chi connectivity index (χ3v) is 5.90. The Morgan fingerprint density at radius 1 is 1.00 bits per heavy atom. The number of anilines is 1. The van der Waals surface area contributed by atoms with E-state index in [0.717, 1.165) is 55.4 Å². The highest BCUT2D eigenvalue weighted by Crippen LogP contribution is 2.30. The third-order valence-electron chi connectivity index (χ3n) is 5.90. The summed E-state index contributed by atoms with van der Waals surface area (Å²) in [5.41, 5.74) is 3.18. The highest BCUT2D eigenvalue weighted by molar-refractivity contribution is 5.95.